The lowest BCUT2D eigenvalue weighted by atomic mass is 10.1. The van der Waals surface area contributed by atoms with E-state index in [1.807, 2.05) is 24.3 Å². The smallest absolute Gasteiger partial charge is 0.167 e. The summed E-state index contributed by atoms with van der Waals surface area (Å²) in [5.74, 6) is 0.802. The Morgan fingerprint density at radius 1 is 1.07 bits per heavy atom. The van der Waals surface area contributed by atoms with Crippen molar-refractivity contribution in [2.24, 2.45) is 4.99 Å². The summed E-state index contributed by atoms with van der Waals surface area (Å²) in [4.78, 5) is 12.9. The molecule has 134 valence electrons. The zero-order valence-electron chi connectivity index (χ0n) is 14.2. The second-order valence-electron chi connectivity index (χ2n) is 5.95. The summed E-state index contributed by atoms with van der Waals surface area (Å²) in [5, 5.41) is 2.45. The Bertz CT molecular complexity index is 1020. The van der Waals surface area contributed by atoms with Gasteiger partial charge in [0.15, 0.2) is 11.7 Å². The molecule has 0 aliphatic carbocycles. The molecular formula is C20H15ClFN5. The molecule has 0 bridgehead atoms. The van der Waals surface area contributed by atoms with Gasteiger partial charge < -0.3 is 0 Å². The van der Waals surface area contributed by atoms with Gasteiger partial charge in [0.25, 0.3) is 0 Å². The van der Waals surface area contributed by atoms with Crippen LogP contribution in [-0.4, -0.2) is 20.8 Å². The van der Waals surface area contributed by atoms with E-state index < -0.39 is 0 Å². The number of aromatic nitrogens is 2. The van der Waals surface area contributed by atoms with Gasteiger partial charge >= 0.3 is 0 Å². The Labute approximate surface area is 160 Å². The Morgan fingerprint density at radius 3 is 2.56 bits per heavy atom. The van der Waals surface area contributed by atoms with Crippen LogP contribution in [0.4, 0.5) is 10.2 Å². The molecule has 0 radical (unpaired) electrons. The highest BCUT2D eigenvalue weighted by Crippen LogP contribution is 2.31. The molecule has 2 aromatic carbocycles. The maximum Gasteiger partial charge on any atom is 0.167 e. The van der Waals surface area contributed by atoms with Crippen molar-refractivity contribution in [3.8, 4) is 0 Å². The van der Waals surface area contributed by atoms with Gasteiger partial charge in [-0.25, -0.2) is 24.8 Å². The van der Waals surface area contributed by atoms with Gasteiger partial charge in [0.1, 0.15) is 12.1 Å². The highest BCUT2D eigenvalue weighted by molar-refractivity contribution is 6.30. The van der Waals surface area contributed by atoms with E-state index in [0.717, 1.165) is 16.7 Å². The largest absolute Gasteiger partial charge is 0.259 e. The van der Waals surface area contributed by atoms with Crippen molar-refractivity contribution in [2.75, 3.05) is 0 Å². The van der Waals surface area contributed by atoms with Crippen LogP contribution in [-0.2, 0) is 6.54 Å². The first-order chi connectivity index (χ1) is 13.1. The van der Waals surface area contributed by atoms with Crippen molar-refractivity contribution in [2.45, 2.75) is 6.54 Å². The second kappa shape index (κ2) is 7.26. The number of fused-ring (bicyclic) bond motifs is 1. The summed E-state index contributed by atoms with van der Waals surface area (Å²) in [5.41, 5.74) is 6.50. The Hall–Kier alpha value is -3.09. The number of aliphatic imine (C=N–C) groups is 1. The molecule has 1 N–H and O–H groups in total. The van der Waals surface area contributed by atoms with E-state index in [1.165, 1.54) is 18.5 Å². The van der Waals surface area contributed by atoms with Crippen molar-refractivity contribution in [1.82, 2.24) is 20.4 Å². The lowest BCUT2D eigenvalue weighted by Gasteiger charge is -2.32. The molecule has 5 nitrogen and oxygen atoms in total. The minimum absolute atomic E-state index is 0.308. The number of halogens is 2. The average molecular weight is 380 g/mol. The minimum Gasteiger partial charge on any atom is -0.259 e. The third-order valence-corrected chi connectivity index (χ3v) is 4.40. The minimum atomic E-state index is -0.308. The van der Waals surface area contributed by atoms with E-state index in [9.17, 15) is 4.39 Å². The maximum atomic E-state index is 13.4. The van der Waals surface area contributed by atoms with Gasteiger partial charge in [0.05, 0.1) is 11.3 Å². The van der Waals surface area contributed by atoms with E-state index in [4.69, 9.17) is 11.6 Å². The first kappa shape index (κ1) is 17.3. The predicted octanol–water partition coefficient (Wildman–Crippen LogP) is 4.34. The van der Waals surface area contributed by atoms with Crippen LogP contribution in [0, 0.1) is 5.82 Å². The van der Waals surface area contributed by atoms with Crippen LogP contribution < -0.4 is 5.43 Å². The van der Waals surface area contributed by atoms with Gasteiger partial charge in [-0.15, -0.1) is 0 Å². The summed E-state index contributed by atoms with van der Waals surface area (Å²) >= 11 is 5.95. The van der Waals surface area contributed by atoms with Gasteiger partial charge in [-0.05, 0) is 42.0 Å². The van der Waals surface area contributed by atoms with E-state index in [0.29, 0.717) is 28.9 Å². The Morgan fingerprint density at radius 2 is 1.81 bits per heavy atom. The lowest BCUT2D eigenvalue weighted by molar-refractivity contribution is 0.418. The second-order valence-corrected chi connectivity index (χ2v) is 6.38. The van der Waals surface area contributed by atoms with Gasteiger partial charge in [-0.2, -0.15) is 0 Å². The monoisotopic (exact) mass is 379 g/mol. The van der Waals surface area contributed by atoms with Crippen molar-refractivity contribution in [3.05, 3.63) is 95.2 Å². The molecule has 0 saturated heterocycles. The Balaban J connectivity index is 1.69. The van der Waals surface area contributed by atoms with Crippen LogP contribution in [0.3, 0.4) is 0 Å². The summed E-state index contributed by atoms with van der Waals surface area (Å²) in [6.07, 6.45) is 3.11. The number of nitrogens with zero attached hydrogens (tertiary/aromatic N) is 4. The zero-order chi connectivity index (χ0) is 18.8. The van der Waals surface area contributed by atoms with E-state index >= 15 is 0 Å². The van der Waals surface area contributed by atoms with Gasteiger partial charge in [-0.3, -0.25) is 5.01 Å². The molecule has 3 aromatic rings. The molecule has 0 atom stereocenters. The predicted molar refractivity (Wildman–Crippen MR) is 104 cm³/mol. The topological polar surface area (TPSA) is 53.4 Å². The lowest BCUT2D eigenvalue weighted by Crippen LogP contribution is -2.42. The number of amidine groups is 1. The highest BCUT2D eigenvalue weighted by Gasteiger charge is 2.25. The first-order valence-corrected chi connectivity index (χ1v) is 8.61. The molecule has 1 aromatic heterocycles. The number of hydrogen-bond acceptors (Lipinski definition) is 5. The standard InChI is InChI=1S/C20H15ClFN5/c1-13-18-11-23-12-24-19(18)26-20(15-4-8-17(22)9-5-15)27(13)25-10-14-2-6-16(21)7-3-14/h2-9,11-12,25H,1,10H2. The fraction of sp³-hybridized carbons (Fsp3) is 0.0500. The van der Waals surface area contributed by atoms with E-state index in [-0.39, 0.29) is 5.82 Å². The number of hydrogen-bond donors (Lipinski definition) is 1. The molecule has 1 aliphatic heterocycles. The molecule has 0 spiro atoms. The molecule has 2 heterocycles. The first-order valence-electron chi connectivity index (χ1n) is 8.24. The van der Waals surface area contributed by atoms with Crippen LogP contribution in [0.1, 0.15) is 16.7 Å². The third kappa shape index (κ3) is 3.58. The summed E-state index contributed by atoms with van der Waals surface area (Å²) in [6.45, 7) is 4.69. The number of rotatable bonds is 4. The quantitative estimate of drug-likeness (QED) is 0.732. The fourth-order valence-electron chi connectivity index (χ4n) is 2.75. The summed E-state index contributed by atoms with van der Waals surface area (Å²) in [7, 11) is 0. The summed E-state index contributed by atoms with van der Waals surface area (Å²) < 4.78 is 13.4. The van der Waals surface area contributed by atoms with E-state index in [1.54, 1.807) is 23.3 Å². The van der Waals surface area contributed by atoms with Crippen LogP contribution in [0.15, 0.2) is 72.6 Å². The van der Waals surface area contributed by atoms with Crippen LogP contribution in [0.5, 0.6) is 0 Å². The molecule has 4 rings (SSSR count). The molecule has 1 aliphatic rings. The van der Waals surface area contributed by atoms with Gasteiger partial charge in [-0.1, -0.05) is 30.3 Å². The molecule has 0 fully saturated rings. The van der Waals surface area contributed by atoms with Crippen LogP contribution >= 0.6 is 11.6 Å². The molecular weight excluding hydrogens is 365 g/mol. The van der Waals surface area contributed by atoms with Gasteiger partial charge in [0, 0.05) is 23.3 Å². The number of hydrazine groups is 1. The molecule has 7 heteroatoms. The van der Waals surface area contributed by atoms with Crippen molar-refractivity contribution < 1.29 is 4.39 Å². The van der Waals surface area contributed by atoms with Crippen LogP contribution in [0.2, 0.25) is 5.02 Å². The zero-order valence-corrected chi connectivity index (χ0v) is 15.0. The van der Waals surface area contributed by atoms with Gasteiger partial charge in [0.2, 0.25) is 0 Å². The van der Waals surface area contributed by atoms with Crippen LogP contribution in [0.25, 0.3) is 5.70 Å². The fourth-order valence-corrected chi connectivity index (χ4v) is 2.88. The molecule has 0 unspecified atom stereocenters. The third-order valence-electron chi connectivity index (χ3n) is 4.15. The van der Waals surface area contributed by atoms with Crippen molar-refractivity contribution in [1.29, 1.82) is 0 Å². The van der Waals surface area contributed by atoms with E-state index in [2.05, 4.69) is 27.0 Å². The maximum absolute atomic E-state index is 13.4. The number of nitrogens with one attached hydrogen (secondary N) is 1. The summed E-state index contributed by atoms with van der Waals surface area (Å²) in [6, 6.07) is 13.7. The SMILES string of the molecule is C=C1c2cncnc2N=C(c2ccc(F)cc2)N1NCc1ccc(Cl)cc1. The molecule has 0 amide bonds. The van der Waals surface area contributed by atoms with Crippen molar-refractivity contribution >= 4 is 29.0 Å². The highest BCUT2D eigenvalue weighted by atomic mass is 35.5. The molecule has 27 heavy (non-hydrogen) atoms. The molecule has 0 saturated carbocycles. The Kier molecular flexibility index (Phi) is 4.66. The normalized spacial score (nSPS) is 13.3. The number of benzene rings is 2. The average Bonchev–Trinajstić information content (AvgIpc) is 2.69. The van der Waals surface area contributed by atoms with Crippen molar-refractivity contribution in [3.63, 3.8) is 0 Å².